The van der Waals surface area contributed by atoms with Gasteiger partial charge < -0.3 is 14.9 Å². The number of hydrogen-bond donors (Lipinski definition) is 2. The van der Waals surface area contributed by atoms with Crippen LogP contribution >= 0.6 is 0 Å². The summed E-state index contributed by atoms with van der Waals surface area (Å²) < 4.78 is 29.0. The molecule has 0 fully saturated rings. The van der Waals surface area contributed by atoms with Crippen molar-refractivity contribution in [3.8, 4) is 16.9 Å². The van der Waals surface area contributed by atoms with Gasteiger partial charge in [-0.15, -0.1) is 0 Å². The molecule has 6 nitrogen and oxygen atoms in total. The van der Waals surface area contributed by atoms with E-state index < -0.39 is 17.6 Å². The first-order chi connectivity index (χ1) is 14.2. The lowest BCUT2D eigenvalue weighted by molar-refractivity contribution is -0.0498. The maximum atomic E-state index is 12.3. The summed E-state index contributed by atoms with van der Waals surface area (Å²) in [6.45, 7) is 2.36. The molecule has 0 amide bonds. The van der Waals surface area contributed by atoms with Crippen molar-refractivity contribution in [1.29, 1.82) is 0 Å². The van der Waals surface area contributed by atoms with E-state index in [0.717, 1.165) is 11.1 Å². The van der Waals surface area contributed by atoms with Crippen LogP contribution in [0, 0.1) is 5.41 Å². The standard InChI is InChI=1S/C22H23F2N3O3/c1-21(2,3)22(29,17-11-25-13-27-18(17)12-28)19-9-6-15(10-26-19)14-4-7-16(8-5-14)30-20(23)24/h4-11,13,20,28-29H,12H2,1-3H3. The van der Waals surface area contributed by atoms with Gasteiger partial charge in [-0.25, -0.2) is 9.97 Å². The highest BCUT2D eigenvalue weighted by atomic mass is 19.3. The average molecular weight is 415 g/mol. The number of halogens is 2. The summed E-state index contributed by atoms with van der Waals surface area (Å²) in [5, 5.41) is 21.4. The minimum absolute atomic E-state index is 0.0704. The molecule has 0 bridgehead atoms. The molecule has 0 radical (unpaired) electrons. The Hall–Kier alpha value is -2.97. The second-order valence-corrected chi connectivity index (χ2v) is 7.84. The minimum atomic E-state index is -2.88. The normalized spacial score (nSPS) is 13.9. The molecule has 0 saturated carbocycles. The molecule has 2 heterocycles. The molecule has 30 heavy (non-hydrogen) atoms. The summed E-state index contributed by atoms with van der Waals surface area (Å²) in [5.74, 6) is 0.0704. The predicted molar refractivity (Wildman–Crippen MR) is 107 cm³/mol. The van der Waals surface area contributed by atoms with Crippen molar-refractivity contribution in [1.82, 2.24) is 15.0 Å². The van der Waals surface area contributed by atoms with Gasteiger partial charge in [-0.05, 0) is 23.8 Å². The second kappa shape index (κ2) is 8.41. The highest BCUT2D eigenvalue weighted by Crippen LogP contribution is 2.44. The third-order valence-corrected chi connectivity index (χ3v) is 4.97. The fourth-order valence-electron chi connectivity index (χ4n) is 3.32. The van der Waals surface area contributed by atoms with E-state index in [1.54, 1.807) is 30.5 Å². The van der Waals surface area contributed by atoms with Crippen LogP contribution < -0.4 is 4.74 Å². The Balaban J connectivity index is 1.99. The quantitative estimate of drug-likeness (QED) is 0.635. The molecule has 0 aliphatic heterocycles. The van der Waals surface area contributed by atoms with Crippen LogP contribution in [0.1, 0.15) is 37.7 Å². The van der Waals surface area contributed by atoms with Crippen molar-refractivity contribution >= 4 is 0 Å². The molecular weight excluding hydrogens is 392 g/mol. The average Bonchev–Trinajstić information content (AvgIpc) is 2.72. The fourth-order valence-corrected chi connectivity index (χ4v) is 3.32. The smallest absolute Gasteiger partial charge is 0.387 e. The number of aliphatic hydroxyl groups is 2. The van der Waals surface area contributed by atoms with Gasteiger partial charge in [-0.1, -0.05) is 39.0 Å². The molecule has 1 aromatic carbocycles. The van der Waals surface area contributed by atoms with Crippen LogP contribution in [0.4, 0.5) is 8.78 Å². The van der Waals surface area contributed by atoms with Crippen molar-refractivity contribution in [3.63, 3.8) is 0 Å². The topological polar surface area (TPSA) is 88.4 Å². The zero-order chi connectivity index (χ0) is 21.9. The van der Waals surface area contributed by atoms with E-state index in [1.807, 2.05) is 20.8 Å². The van der Waals surface area contributed by atoms with Gasteiger partial charge >= 0.3 is 6.61 Å². The first kappa shape index (κ1) is 21.7. The number of rotatable bonds is 6. The molecule has 3 rings (SSSR count). The molecule has 1 unspecified atom stereocenters. The first-order valence-corrected chi connectivity index (χ1v) is 9.31. The third kappa shape index (κ3) is 4.15. The van der Waals surface area contributed by atoms with Gasteiger partial charge in [-0.2, -0.15) is 8.78 Å². The Morgan fingerprint density at radius 2 is 1.63 bits per heavy atom. The molecule has 1 atom stereocenters. The van der Waals surface area contributed by atoms with Gasteiger partial charge in [0.05, 0.1) is 18.0 Å². The van der Waals surface area contributed by atoms with Crippen molar-refractivity contribution in [2.75, 3.05) is 0 Å². The summed E-state index contributed by atoms with van der Waals surface area (Å²) in [5.41, 5.74) is 0.335. The lowest BCUT2D eigenvalue weighted by Crippen LogP contribution is -2.43. The summed E-state index contributed by atoms with van der Waals surface area (Å²) in [7, 11) is 0. The number of benzene rings is 1. The van der Waals surface area contributed by atoms with E-state index in [0.29, 0.717) is 17.0 Å². The Labute approximate surface area is 173 Å². The van der Waals surface area contributed by atoms with Crippen LogP contribution in [0.5, 0.6) is 5.75 Å². The molecule has 8 heteroatoms. The molecule has 2 N–H and O–H groups in total. The Bertz CT molecular complexity index is 990. The van der Waals surface area contributed by atoms with Gasteiger partial charge in [0.25, 0.3) is 0 Å². The number of pyridine rings is 1. The lowest BCUT2D eigenvalue weighted by Gasteiger charge is -2.40. The van der Waals surface area contributed by atoms with Crippen LogP contribution in [0.2, 0.25) is 0 Å². The Morgan fingerprint density at radius 3 is 2.17 bits per heavy atom. The SMILES string of the molecule is CC(C)(C)C(O)(c1ccc(-c2ccc(OC(F)F)cc2)cn1)c1cncnc1CO. The van der Waals surface area contributed by atoms with E-state index in [-0.39, 0.29) is 12.4 Å². The number of hydrogen-bond acceptors (Lipinski definition) is 6. The predicted octanol–water partition coefficient (Wildman–Crippen LogP) is 3.91. The number of nitrogens with zero attached hydrogens (tertiary/aromatic N) is 3. The van der Waals surface area contributed by atoms with E-state index in [1.165, 1.54) is 24.7 Å². The first-order valence-electron chi connectivity index (χ1n) is 9.31. The fraction of sp³-hybridized carbons (Fsp3) is 0.318. The Morgan fingerprint density at radius 1 is 0.967 bits per heavy atom. The highest BCUT2D eigenvalue weighted by molar-refractivity contribution is 5.63. The molecule has 2 aromatic heterocycles. The van der Waals surface area contributed by atoms with Crippen molar-refractivity contribution in [3.05, 3.63) is 72.1 Å². The van der Waals surface area contributed by atoms with E-state index >= 15 is 0 Å². The zero-order valence-electron chi connectivity index (χ0n) is 16.9. The molecule has 0 spiro atoms. The molecule has 0 aliphatic carbocycles. The van der Waals surface area contributed by atoms with E-state index in [2.05, 4.69) is 19.7 Å². The maximum Gasteiger partial charge on any atom is 0.387 e. The molecule has 3 aromatic rings. The number of ether oxygens (including phenoxy) is 1. The maximum absolute atomic E-state index is 12.3. The van der Waals surface area contributed by atoms with Crippen LogP contribution in [0.15, 0.2) is 55.1 Å². The summed E-state index contributed by atoms with van der Waals surface area (Å²) in [6.07, 6.45) is 4.40. The summed E-state index contributed by atoms with van der Waals surface area (Å²) in [6, 6.07) is 9.69. The summed E-state index contributed by atoms with van der Waals surface area (Å²) >= 11 is 0. The number of aromatic nitrogens is 3. The van der Waals surface area contributed by atoms with Crippen molar-refractivity contribution < 1.29 is 23.7 Å². The van der Waals surface area contributed by atoms with Gasteiger partial charge in [0.15, 0.2) is 0 Å². The van der Waals surface area contributed by atoms with Crippen molar-refractivity contribution in [2.45, 2.75) is 39.6 Å². The molecule has 158 valence electrons. The summed E-state index contributed by atoms with van der Waals surface area (Å²) in [4.78, 5) is 12.6. The van der Waals surface area contributed by atoms with E-state index in [4.69, 9.17) is 0 Å². The molecule has 0 saturated heterocycles. The van der Waals surface area contributed by atoms with Crippen LogP contribution in [0.3, 0.4) is 0 Å². The highest BCUT2D eigenvalue weighted by Gasteiger charge is 2.46. The van der Waals surface area contributed by atoms with Gasteiger partial charge in [0.1, 0.15) is 17.7 Å². The van der Waals surface area contributed by atoms with E-state index in [9.17, 15) is 19.0 Å². The molecule has 0 aliphatic rings. The van der Waals surface area contributed by atoms with Crippen LogP contribution in [0.25, 0.3) is 11.1 Å². The minimum Gasteiger partial charge on any atom is -0.435 e. The number of aliphatic hydroxyl groups excluding tert-OH is 1. The van der Waals surface area contributed by atoms with Gasteiger partial charge in [0.2, 0.25) is 0 Å². The van der Waals surface area contributed by atoms with Crippen LogP contribution in [-0.2, 0) is 12.2 Å². The van der Waals surface area contributed by atoms with Gasteiger partial charge in [-0.3, -0.25) is 4.98 Å². The van der Waals surface area contributed by atoms with Gasteiger partial charge in [0, 0.05) is 28.9 Å². The monoisotopic (exact) mass is 415 g/mol. The third-order valence-electron chi connectivity index (χ3n) is 4.97. The van der Waals surface area contributed by atoms with Crippen molar-refractivity contribution in [2.24, 2.45) is 5.41 Å². The Kier molecular flexibility index (Phi) is 6.09. The zero-order valence-corrected chi connectivity index (χ0v) is 16.9. The lowest BCUT2D eigenvalue weighted by atomic mass is 9.70. The number of alkyl halides is 2. The van der Waals surface area contributed by atoms with Crippen LogP contribution in [-0.4, -0.2) is 31.8 Å². The second-order valence-electron chi connectivity index (χ2n) is 7.84. The molecular formula is C22H23F2N3O3. The largest absolute Gasteiger partial charge is 0.435 e.